The molecule has 0 saturated carbocycles. The zero-order chi connectivity index (χ0) is 16.9. The first-order chi connectivity index (χ1) is 10.9. The minimum atomic E-state index is -4.52. The molecule has 0 spiro atoms. The van der Waals surface area contributed by atoms with Gasteiger partial charge in [0.2, 0.25) is 0 Å². The number of alkyl halides is 3. The minimum absolute atomic E-state index is 0.152. The number of piperazine rings is 1. The van der Waals surface area contributed by atoms with E-state index >= 15 is 0 Å². The molecule has 6 heteroatoms. The van der Waals surface area contributed by atoms with Crippen molar-refractivity contribution in [1.29, 1.82) is 0 Å². The molecule has 0 radical (unpaired) electrons. The number of rotatable bonds is 6. The van der Waals surface area contributed by atoms with Crippen LogP contribution in [0.3, 0.4) is 0 Å². The maximum Gasteiger partial charge on any atom is 0.416 e. The van der Waals surface area contributed by atoms with E-state index in [2.05, 4.69) is 17.1 Å². The Bertz CT molecular complexity index is 496. The van der Waals surface area contributed by atoms with Gasteiger partial charge in [-0.25, -0.2) is 4.39 Å². The van der Waals surface area contributed by atoms with Gasteiger partial charge in [0.15, 0.2) is 0 Å². The fourth-order valence-electron chi connectivity index (χ4n) is 3.11. The van der Waals surface area contributed by atoms with Gasteiger partial charge >= 0.3 is 6.18 Å². The quantitative estimate of drug-likeness (QED) is 0.615. The normalized spacial score (nSPS) is 18.1. The molecule has 0 aromatic heterocycles. The van der Waals surface area contributed by atoms with E-state index in [-0.39, 0.29) is 6.04 Å². The van der Waals surface area contributed by atoms with Crippen LogP contribution in [0, 0.1) is 5.82 Å². The van der Waals surface area contributed by atoms with Crippen LogP contribution in [0.25, 0.3) is 0 Å². The van der Waals surface area contributed by atoms with E-state index in [1.54, 1.807) is 0 Å². The Morgan fingerprint density at radius 2 is 1.83 bits per heavy atom. The highest BCUT2D eigenvalue weighted by atomic mass is 19.4. The molecule has 1 aliphatic heterocycles. The zero-order valence-electron chi connectivity index (χ0n) is 13.4. The summed E-state index contributed by atoms with van der Waals surface area (Å²) >= 11 is 0. The van der Waals surface area contributed by atoms with Crippen LogP contribution in [0.2, 0.25) is 0 Å². The maximum atomic E-state index is 13.7. The highest BCUT2D eigenvalue weighted by Crippen LogP contribution is 2.34. The fraction of sp³-hybridized carbons (Fsp3) is 0.647. The second-order valence-electron chi connectivity index (χ2n) is 6.07. The average molecular weight is 332 g/mol. The molecule has 1 saturated heterocycles. The van der Waals surface area contributed by atoms with Gasteiger partial charge in [0.1, 0.15) is 5.82 Å². The second-order valence-corrected chi connectivity index (χ2v) is 6.07. The summed E-state index contributed by atoms with van der Waals surface area (Å²) in [5.41, 5.74) is -0.460. The van der Waals surface area contributed by atoms with E-state index in [1.165, 1.54) is 6.07 Å². The lowest BCUT2D eigenvalue weighted by Crippen LogP contribution is -2.45. The first-order valence-corrected chi connectivity index (χ1v) is 8.24. The summed E-state index contributed by atoms with van der Waals surface area (Å²) in [6.07, 6.45) is -0.749. The first-order valence-electron chi connectivity index (χ1n) is 8.24. The van der Waals surface area contributed by atoms with Crippen molar-refractivity contribution >= 4 is 0 Å². The number of nitrogens with zero attached hydrogens (tertiary/aromatic N) is 1. The summed E-state index contributed by atoms with van der Waals surface area (Å²) in [5, 5.41) is 3.24. The van der Waals surface area contributed by atoms with Crippen molar-refractivity contribution in [2.75, 3.05) is 26.2 Å². The molecule has 2 rings (SSSR count). The summed E-state index contributed by atoms with van der Waals surface area (Å²) in [7, 11) is 0. The lowest BCUT2D eigenvalue weighted by Gasteiger charge is -2.35. The van der Waals surface area contributed by atoms with E-state index in [0.29, 0.717) is 11.6 Å². The monoisotopic (exact) mass is 332 g/mol. The molecule has 2 nitrogen and oxygen atoms in total. The van der Waals surface area contributed by atoms with Crippen LogP contribution in [-0.4, -0.2) is 31.1 Å². The number of unbranched alkanes of at least 4 members (excludes halogenated alkanes) is 2. The molecule has 1 fully saturated rings. The molecule has 1 N–H and O–H groups in total. The van der Waals surface area contributed by atoms with E-state index in [0.717, 1.165) is 57.9 Å². The molecule has 0 amide bonds. The third-order valence-corrected chi connectivity index (χ3v) is 4.31. The van der Waals surface area contributed by atoms with Crippen LogP contribution < -0.4 is 5.32 Å². The Hall–Kier alpha value is -1.14. The summed E-state index contributed by atoms with van der Waals surface area (Å²) in [6, 6.07) is 2.79. The molecule has 1 atom stereocenters. The second kappa shape index (κ2) is 8.11. The Morgan fingerprint density at radius 1 is 1.13 bits per heavy atom. The Labute approximate surface area is 134 Å². The summed E-state index contributed by atoms with van der Waals surface area (Å²) in [4.78, 5) is 2.17. The maximum absolute atomic E-state index is 13.7. The largest absolute Gasteiger partial charge is 0.416 e. The van der Waals surface area contributed by atoms with Crippen LogP contribution >= 0.6 is 0 Å². The zero-order valence-corrected chi connectivity index (χ0v) is 13.4. The van der Waals surface area contributed by atoms with Crippen LogP contribution in [0.15, 0.2) is 18.2 Å². The number of benzene rings is 1. The molecule has 0 unspecified atom stereocenters. The third-order valence-electron chi connectivity index (χ3n) is 4.31. The van der Waals surface area contributed by atoms with Crippen molar-refractivity contribution in [3.05, 3.63) is 35.1 Å². The fourth-order valence-corrected chi connectivity index (χ4v) is 3.11. The van der Waals surface area contributed by atoms with E-state index in [4.69, 9.17) is 0 Å². The van der Waals surface area contributed by atoms with Crippen molar-refractivity contribution in [2.45, 2.75) is 44.8 Å². The Kier molecular flexibility index (Phi) is 6.41. The average Bonchev–Trinajstić information content (AvgIpc) is 2.51. The summed E-state index contributed by atoms with van der Waals surface area (Å²) in [6.45, 7) is 5.25. The highest BCUT2D eigenvalue weighted by Gasteiger charge is 2.33. The molecule has 1 aromatic carbocycles. The topological polar surface area (TPSA) is 15.3 Å². The van der Waals surface area contributed by atoms with Crippen LogP contribution in [0.1, 0.15) is 49.8 Å². The summed E-state index contributed by atoms with van der Waals surface area (Å²) < 4.78 is 52.7. The summed E-state index contributed by atoms with van der Waals surface area (Å²) in [5.74, 6) is -0.814. The molecular weight excluding hydrogens is 308 g/mol. The number of nitrogens with one attached hydrogen (secondary N) is 1. The van der Waals surface area contributed by atoms with Gasteiger partial charge < -0.3 is 5.32 Å². The predicted octanol–water partition coefficient (Wildman–Crippen LogP) is 4.37. The van der Waals surface area contributed by atoms with E-state index in [9.17, 15) is 17.6 Å². The molecular formula is C17H24F4N2. The van der Waals surface area contributed by atoms with Gasteiger partial charge in [-0.3, -0.25) is 4.90 Å². The first kappa shape index (κ1) is 18.2. The van der Waals surface area contributed by atoms with Crippen molar-refractivity contribution in [1.82, 2.24) is 10.2 Å². The number of hydrogen-bond acceptors (Lipinski definition) is 2. The van der Waals surface area contributed by atoms with E-state index < -0.39 is 17.6 Å². The minimum Gasteiger partial charge on any atom is -0.314 e. The van der Waals surface area contributed by atoms with Gasteiger partial charge in [-0.1, -0.05) is 26.2 Å². The van der Waals surface area contributed by atoms with Crippen molar-refractivity contribution in [3.63, 3.8) is 0 Å². The number of halogens is 4. The highest BCUT2D eigenvalue weighted by molar-refractivity contribution is 5.29. The van der Waals surface area contributed by atoms with E-state index in [1.807, 2.05) is 0 Å². The molecule has 0 aliphatic carbocycles. The molecule has 1 aliphatic rings. The van der Waals surface area contributed by atoms with Gasteiger partial charge in [0, 0.05) is 32.2 Å². The smallest absolute Gasteiger partial charge is 0.314 e. The van der Waals surface area contributed by atoms with Crippen molar-refractivity contribution in [3.8, 4) is 0 Å². The predicted molar refractivity (Wildman–Crippen MR) is 82.7 cm³/mol. The van der Waals surface area contributed by atoms with Crippen molar-refractivity contribution < 1.29 is 17.6 Å². The van der Waals surface area contributed by atoms with Gasteiger partial charge in [-0.15, -0.1) is 0 Å². The lowest BCUT2D eigenvalue weighted by atomic mass is 9.96. The standard InChI is InChI=1S/C17H24F4N2/c1-2-3-4-5-16(23-8-6-22-7-9-23)13-10-14(17(19,20)21)12-15(18)11-13/h10-12,16,22H,2-9H2,1H3/t16-/m1/s1. The molecule has 1 heterocycles. The van der Waals surface area contributed by atoms with Crippen LogP contribution in [-0.2, 0) is 6.18 Å². The van der Waals surface area contributed by atoms with Gasteiger partial charge in [-0.05, 0) is 30.2 Å². The Balaban J connectivity index is 2.27. The van der Waals surface area contributed by atoms with Crippen LogP contribution in [0.5, 0.6) is 0 Å². The van der Waals surface area contributed by atoms with Gasteiger partial charge in [0.25, 0.3) is 0 Å². The van der Waals surface area contributed by atoms with Gasteiger partial charge in [-0.2, -0.15) is 13.2 Å². The van der Waals surface area contributed by atoms with Crippen molar-refractivity contribution in [2.24, 2.45) is 0 Å². The molecule has 130 valence electrons. The molecule has 1 aromatic rings. The third kappa shape index (κ3) is 5.18. The molecule has 0 bridgehead atoms. The molecule has 23 heavy (non-hydrogen) atoms. The van der Waals surface area contributed by atoms with Gasteiger partial charge in [0.05, 0.1) is 5.56 Å². The lowest BCUT2D eigenvalue weighted by molar-refractivity contribution is -0.137. The SMILES string of the molecule is CCCCC[C@H](c1cc(F)cc(C(F)(F)F)c1)N1CCNCC1. The van der Waals surface area contributed by atoms with Crippen LogP contribution in [0.4, 0.5) is 17.6 Å². The Morgan fingerprint density at radius 3 is 2.43 bits per heavy atom. The number of hydrogen-bond donors (Lipinski definition) is 1.